The second kappa shape index (κ2) is 9.56. The van der Waals surface area contributed by atoms with E-state index in [1.165, 1.54) is 13.0 Å². The summed E-state index contributed by atoms with van der Waals surface area (Å²) in [5, 5.41) is 16.5. The van der Waals surface area contributed by atoms with Crippen molar-refractivity contribution in [1.82, 2.24) is 14.9 Å². The number of aryl methyl sites for hydroxylation is 1. The number of hydrogen-bond acceptors (Lipinski definition) is 8. The fourth-order valence-electron chi connectivity index (χ4n) is 3.60. The highest BCUT2D eigenvalue weighted by atomic mass is 35.5. The van der Waals surface area contributed by atoms with Gasteiger partial charge in [-0.1, -0.05) is 24.6 Å². The lowest BCUT2D eigenvalue weighted by Gasteiger charge is -2.25. The molecule has 1 heterocycles. The van der Waals surface area contributed by atoms with Gasteiger partial charge in [0.2, 0.25) is 21.8 Å². The summed E-state index contributed by atoms with van der Waals surface area (Å²) in [6.45, 7) is 4.82. The van der Waals surface area contributed by atoms with Crippen molar-refractivity contribution in [3.8, 4) is 0 Å². The van der Waals surface area contributed by atoms with Crippen LogP contribution in [0.2, 0.25) is 5.02 Å². The zero-order valence-corrected chi connectivity index (χ0v) is 20.0. The highest BCUT2D eigenvalue weighted by Crippen LogP contribution is 2.36. The molecule has 0 saturated heterocycles. The zero-order valence-electron chi connectivity index (χ0n) is 18.5. The third-order valence-corrected chi connectivity index (χ3v) is 7.28. The van der Waals surface area contributed by atoms with Crippen LogP contribution in [0.1, 0.15) is 51.8 Å². The quantitative estimate of drug-likeness (QED) is 0.294. The van der Waals surface area contributed by atoms with Gasteiger partial charge in [0.1, 0.15) is 21.8 Å². The second-order valence-corrected chi connectivity index (χ2v) is 9.75. The van der Waals surface area contributed by atoms with E-state index in [2.05, 4.69) is 9.82 Å². The molecule has 15 heteroatoms. The first-order valence-electron chi connectivity index (χ1n) is 9.85. The number of hydrogen-bond donors (Lipinski definition) is 3. The number of amides is 1. The number of carbonyl (C=O) groups excluding carboxylic acids is 1. The van der Waals surface area contributed by atoms with Gasteiger partial charge in [0.15, 0.2) is 0 Å². The SMILES string of the molecule is Cc1ccc(F)c(C(C)C(NS(=O)(=O)c2cc([N+](=O)[O-])c(Cl)cc2C(N)=O)c2n[nH]c(=O)o2)c1C. The van der Waals surface area contributed by atoms with Crippen LogP contribution in [0.4, 0.5) is 10.1 Å². The lowest BCUT2D eigenvalue weighted by atomic mass is 9.88. The molecular weight excluding hydrogens is 509 g/mol. The molecule has 3 rings (SSSR count). The number of nitrogens with one attached hydrogen (secondary N) is 2. The summed E-state index contributed by atoms with van der Waals surface area (Å²) < 4.78 is 48.7. The molecule has 4 N–H and O–H groups in total. The van der Waals surface area contributed by atoms with Gasteiger partial charge in [-0.2, -0.15) is 4.72 Å². The van der Waals surface area contributed by atoms with Crippen LogP contribution < -0.4 is 16.2 Å². The fourth-order valence-corrected chi connectivity index (χ4v) is 5.31. The Morgan fingerprint density at radius 1 is 1.34 bits per heavy atom. The van der Waals surface area contributed by atoms with Gasteiger partial charge in [0, 0.05) is 12.0 Å². The maximum atomic E-state index is 14.8. The van der Waals surface area contributed by atoms with Gasteiger partial charge in [0.25, 0.3) is 5.69 Å². The Kier molecular flexibility index (Phi) is 7.10. The lowest BCUT2D eigenvalue weighted by Crippen LogP contribution is -2.34. The molecule has 0 aliphatic heterocycles. The number of rotatable bonds is 8. The van der Waals surface area contributed by atoms with Crippen molar-refractivity contribution in [3.63, 3.8) is 0 Å². The summed E-state index contributed by atoms with van der Waals surface area (Å²) in [5.74, 6) is -4.31. The minimum Gasteiger partial charge on any atom is -0.391 e. The molecule has 12 nitrogen and oxygen atoms in total. The monoisotopic (exact) mass is 527 g/mol. The van der Waals surface area contributed by atoms with Crippen LogP contribution in [0.15, 0.2) is 38.4 Å². The molecular formula is C20H19ClFN5O7S. The molecule has 0 radical (unpaired) electrons. The van der Waals surface area contributed by atoms with Crippen molar-refractivity contribution >= 4 is 33.2 Å². The van der Waals surface area contributed by atoms with E-state index < -0.39 is 71.4 Å². The summed E-state index contributed by atoms with van der Waals surface area (Å²) in [6.07, 6.45) is 0. The number of aromatic amines is 1. The predicted octanol–water partition coefficient (Wildman–Crippen LogP) is 2.60. The normalized spacial score (nSPS) is 13.4. The van der Waals surface area contributed by atoms with Gasteiger partial charge in [-0.15, -0.1) is 5.10 Å². The molecule has 0 saturated carbocycles. The summed E-state index contributed by atoms with van der Waals surface area (Å²) >= 11 is 5.80. The van der Waals surface area contributed by atoms with E-state index in [-0.39, 0.29) is 5.56 Å². The average Bonchev–Trinajstić information content (AvgIpc) is 3.20. The number of H-pyrrole nitrogens is 1. The summed E-state index contributed by atoms with van der Waals surface area (Å²) in [7, 11) is -4.79. The highest BCUT2D eigenvalue weighted by Gasteiger charge is 2.36. The Bertz CT molecular complexity index is 1500. The third kappa shape index (κ3) is 5.08. The molecule has 0 aliphatic carbocycles. The molecule has 2 unspecified atom stereocenters. The van der Waals surface area contributed by atoms with E-state index in [9.17, 15) is 32.5 Å². The smallest absolute Gasteiger partial charge is 0.391 e. The van der Waals surface area contributed by atoms with E-state index in [1.807, 2.05) is 5.10 Å². The van der Waals surface area contributed by atoms with Crippen molar-refractivity contribution in [1.29, 1.82) is 0 Å². The number of sulfonamides is 1. The van der Waals surface area contributed by atoms with Crippen molar-refractivity contribution in [3.05, 3.63) is 83.9 Å². The Labute approximate surface area is 202 Å². The standard InChI is InChI=1S/C20H19ClFN5O7S/c1-8-4-5-13(22)16(9(8)2)10(3)17(19-24-25-20(29)34-19)26-35(32,33)15-7-14(27(30)31)12(21)6-11(15)18(23)28/h4-7,10,17,26H,1-3H3,(H2,23,28)(H,25,29). The van der Waals surface area contributed by atoms with Gasteiger partial charge in [0.05, 0.1) is 10.5 Å². The topological polar surface area (TPSA) is 191 Å². The van der Waals surface area contributed by atoms with Crippen molar-refractivity contribution in [2.24, 2.45) is 5.73 Å². The second-order valence-electron chi connectivity index (χ2n) is 7.66. The van der Waals surface area contributed by atoms with Crippen LogP contribution in [0.5, 0.6) is 0 Å². The summed E-state index contributed by atoms with van der Waals surface area (Å²) in [6, 6.07) is 2.60. The number of nitro groups is 1. The maximum absolute atomic E-state index is 14.8. The molecule has 2 aromatic carbocycles. The Balaban J connectivity index is 2.21. The Morgan fingerprint density at radius 2 is 2.00 bits per heavy atom. The molecule has 0 fully saturated rings. The fraction of sp³-hybridized carbons (Fsp3) is 0.250. The molecule has 1 aromatic heterocycles. The molecule has 3 aromatic rings. The number of aromatic nitrogens is 2. The largest absolute Gasteiger partial charge is 0.434 e. The number of primary amides is 1. The van der Waals surface area contributed by atoms with E-state index in [0.717, 1.165) is 6.07 Å². The molecule has 35 heavy (non-hydrogen) atoms. The van der Waals surface area contributed by atoms with Crippen LogP contribution in [-0.4, -0.2) is 29.4 Å². The number of halogens is 2. The van der Waals surface area contributed by atoms with Gasteiger partial charge < -0.3 is 10.2 Å². The van der Waals surface area contributed by atoms with E-state index in [4.69, 9.17) is 21.8 Å². The minimum atomic E-state index is -4.79. The van der Waals surface area contributed by atoms with E-state index >= 15 is 0 Å². The van der Waals surface area contributed by atoms with Crippen LogP contribution in [0.3, 0.4) is 0 Å². The summed E-state index contributed by atoms with van der Waals surface area (Å²) in [5.41, 5.74) is 5.19. The first-order chi connectivity index (χ1) is 16.2. The molecule has 186 valence electrons. The maximum Gasteiger partial charge on any atom is 0.434 e. The highest BCUT2D eigenvalue weighted by molar-refractivity contribution is 7.89. The first kappa shape index (κ1) is 26.0. The molecule has 0 spiro atoms. The van der Waals surface area contributed by atoms with Gasteiger partial charge in [-0.05, 0) is 42.7 Å². The Morgan fingerprint density at radius 3 is 2.54 bits per heavy atom. The van der Waals surface area contributed by atoms with E-state index in [0.29, 0.717) is 17.2 Å². The molecule has 2 atom stereocenters. The number of nitrogens with zero attached hydrogens (tertiary/aromatic N) is 2. The van der Waals surface area contributed by atoms with Crippen molar-refractivity contribution < 1.29 is 26.9 Å². The zero-order chi connectivity index (χ0) is 26.2. The van der Waals surface area contributed by atoms with E-state index in [1.54, 1.807) is 19.9 Å². The number of benzene rings is 2. The van der Waals surface area contributed by atoms with Crippen LogP contribution >= 0.6 is 11.6 Å². The minimum absolute atomic E-state index is 0.112. The predicted molar refractivity (Wildman–Crippen MR) is 121 cm³/mol. The lowest BCUT2D eigenvalue weighted by molar-refractivity contribution is -0.384. The van der Waals surface area contributed by atoms with Crippen LogP contribution in [0, 0.1) is 29.8 Å². The molecule has 0 aliphatic rings. The van der Waals surface area contributed by atoms with Crippen LogP contribution in [-0.2, 0) is 10.0 Å². The number of nitro benzene ring substituents is 1. The number of nitrogens with two attached hydrogens (primary N) is 1. The van der Waals surface area contributed by atoms with Crippen molar-refractivity contribution in [2.75, 3.05) is 0 Å². The van der Waals surface area contributed by atoms with Gasteiger partial charge >= 0.3 is 5.76 Å². The third-order valence-electron chi connectivity index (χ3n) is 5.49. The van der Waals surface area contributed by atoms with Gasteiger partial charge in [-0.25, -0.2) is 22.7 Å². The Hall–Kier alpha value is -3.62. The summed E-state index contributed by atoms with van der Waals surface area (Å²) in [4.78, 5) is 33.0. The van der Waals surface area contributed by atoms with Gasteiger partial charge in [-0.3, -0.25) is 14.9 Å². The molecule has 0 bridgehead atoms. The average molecular weight is 528 g/mol. The molecule has 1 amide bonds. The first-order valence-corrected chi connectivity index (χ1v) is 11.7. The van der Waals surface area contributed by atoms with Crippen LogP contribution in [0.25, 0.3) is 0 Å². The van der Waals surface area contributed by atoms with Crippen molar-refractivity contribution in [2.45, 2.75) is 37.6 Å². The number of carbonyl (C=O) groups is 1.